The Morgan fingerprint density at radius 2 is 1.41 bits per heavy atom. The van der Waals surface area contributed by atoms with Crippen LogP contribution < -0.4 is 9.47 Å². The third-order valence-electron chi connectivity index (χ3n) is 23.7. The quantitative estimate of drug-likeness (QED) is 0.191. The first kappa shape index (κ1) is 37.6. The number of allylic oxidation sites excluding steroid dienone is 3. The Morgan fingerprint density at radius 3 is 2.24 bits per heavy atom. The van der Waals surface area contributed by atoms with E-state index in [0.717, 1.165) is 135 Å². The van der Waals surface area contributed by atoms with E-state index in [-0.39, 0.29) is 11.0 Å². The number of hydrogen-bond donors (Lipinski definition) is 0. The van der Waals surface area contributed by atoms with Gasteiger partial charge in [0.05, 0.1) is 12.0 Å². The SMILES string of the molecule is C=Cc1ccc(CCOc2cc(OCc3ccc(C=C)cc3)cc(C3=NOC45CCCC6C7C8CCCCC34C3=CC4CC9CC8C8=C%10C7C6C6CC7CC5C5C3C4C(C89)C(C%106)C75)c2)cc1. The van der Waals surface area contributed by atoms with Crippen molar-refractivity contribution in [2.75, 3.05) is 6.61 Å². The van der Waals surface area contributed by atoms with E-state index in [1.807, 2.05) is 17.7 Å². The van der Waals surface area contributed by atoms with Crippen molar-refractivity contribution in [3.05, 3.63) is 131 Å². The molecule has 21 atom stereocenters. The van der Waals surface area contributed by atoms with Crippen LogP contribution in [0.4, 0.5) is 0 Å². The van der Waals surface area contributed by atoms with Gasteiger partial charge in [0.1, 0.15) is 23.8 Å². The fourth-order valence-electron chi connectivity index (χ4n) is 22.6. The highest BCUT2D eigenvalue weighted by Gasteiger charge is 2.84. The van der Waals surface area contributed by atoms with Crippen LogP contribution in [0.2, 0.25) is 0 Å². The van der Waals surface area contributed by atoms with Gasteiger partial charge in [-0.2, -0.15) is 0 Å². The summed E-state index contributed by atoms with van der Waals surface area (Å²) in [6.45, 7) is 9.03. The zero-order valence-electron chi connectivity index (χ0n) is 38.5. The number of fused-ring (bicyclic) bond motifs is 3. The van der Waals surface area contributed by atoms with Crippen molar-refractivity contribution in [2.45, 2.75) is 89.3 Å². The average Bonchev–Trinajstić information content (AvgIpc) is 4.15. The van der Waals surface area contributed by atoms with Crippen LogP contribution in [0.15, 0.2) is 108 Å². The predicted molar refractivity (Wildman–Crippen MR) is 258 cm³/mol. The lowest BCUT2D eigenvalue weighted by atomic mass is 9.37. The molecule has 0 amide bonds. The first-order chi connectivity index (χ1) is 32.6. The standard InChI is InChI=1S/C62H65NO3/c1-3-31-10-14-33(15-11-31)18-21-64-39-23-38(24-40(29-39)65-30-34-16-12-32(4-2)13-17-34)60-61-19-6-5-8-41-43-25-35-22-36-27-45(61)54-48(36)56-47(35)52(43)59-53-44-26-37-28-46(55(54)49(37)57(53)56)62(61,66-63-60)20-7-9-42-50(41)58(59)51(42)44/h3-4,10-17,23-24,27,29,35-37,41-44,46-51,53-58H,1-2,5-9,18-22,25-26,28,30H2. The first-order valence-corrected chi connectivity index (χ1v) is 27.1. The van der Waals surface area contributed by atoms with Gasteiger partial charge in [-0.05, 0) is 199 Å². The number of rotatable bonds is 10. The minimum Gasteiger partial charge on any atom is -0.493 e. The van der Waals surface area contributed by atoms with Crippen LogP contribution in [0.1, 0.15) is 98.4 Å². The molecule has 14 aliphatic rings. The van der Waals surface area contributed by atoms with Crippen LogP contribution in [0.3, 0.4) is 0 Å². The van der Waals surface area contributed by atoms with E-state index in [1.54, 1.807) is 12.8 Å². The van der Waals surface area contributed by atoms with Crippen LogP contribution in [-0.4, -0.2) is 17.9 Å². The van der Waals surface area contributed by atoms with E-state index in [9.17, 15) is 0 Å². The molecule has 1 heterocycles. The molecule has 0 saturated heterocycles. The molecular formula is C62H65NO3. The summed E-state index contributed by atoms with van der Waals surface area (Å²) in [7, 11) is 0. The highest BCUT2D eigenvalue weighted by molar-refractivity contribution is 6.09. The van der Waals surface area contributed by atoms with E-state index >= 15 is 0 Å². The number of nitrogens with zero attached hydrogens (tertiary/aromatic N) is 1. The number of ether oxygens (including phenoxy) is 2. The molecule has 17 rings (SSSR count). The zero-order chi connectivity index (χ0) is 42.9. The Hall–Kier alpha value is -4.31. The summed E-state index contributed by atoms with van der Waals surface area (Å²) in [5.41, 5.74) is 12.9. The summed E-state index contributed by atoms with van der Waals surface area (Å²) < 4.78 is 13.7. The van der Waals surface area contributed by atoms with Gasteiger partial charge in [0.2, 0.25) is 0 Å². The molecule has 13 aliphatic carbocycles. The smallest absolute Gasteiger partial charge is 0.155 e. The van der Waals surface area contributed by atoms with Gasteiger partial charge < -0.3 is 14.3 Å². The third-order valence-corrected chi connectivity index (χ3v) is 23.7. The van der Waals surface area contributed by atoms with Crippen LogP contribution >= 0.6 is 0 Å². The van der Waals surface area contributed by atoms with E-state index < -0.39 is 0 Å². The number of oxime groups is 1. The summed E-state index contributed by atoms with van der Waals surface area (Å²) >= 11 is 0. The first-order valence-electron chi connectivity index (χ1n) is 27.1. The van der Waals surface area contributed by atoms with E-state index in [2.05, 4.69) is 97.1 Å². The van der Waals surface area contributed by atoms with E-state index in [0.29, 0.717) is 25.0 Å². The summed E-state index contributed by atoms with van der Waals surface area (Å²) in [6, 6.07) is 24.1. The molecule has 0 N–H and O–H groups in total. The fourth-order valence-corrected chi connectivity index (χ4v) is 22.6. The predicted octanol–water partition coefficient (Wildman–Crippen LogP) is 13.0. The maximum absolute atomic E-state index is 7.74. The van der Waals surface area contributed by atoms with Gasteiger partial charge in [-0.1, -0.05) is 115 Å². The Bertz CT molecular complexity index is 2740. The Labute approximate surface area is 391 Å². The molecule has 0 radical (unpaired) electrons. The van der Waals surface area contributed by atoms with Crippen LogP contribution in [0.25, 0.3) is 12.2 Å². The molecular weight excluding hydrogens is 807 g/mol. The summed E-state index contributed by atoms with van der Waals surface area (Å²) in [6.07, 6.45) is 22.9. The second-order valence-electron chi connectivity index (χ2n) is 24.9. The molecule has 4 heteroatoms. The molecule has 10 fully saturated rings. The lowest BCUT2D eigenvalue weighted by molar-refractivity contribution is -0.197. The topological polar surface area (TPSA) is 40.0 Å². The van der Waals surface area contributed by atoms with Crippen molar-refractivity contribution in [2.24, 2.45) is 123 Å². The van der Waals surface area contributed by atoms with Crippen molar-refractivity contribution in [3.63, 3.8) is 0 Å². The molecule has 0 aromatic heterocycles. The maximum Gasteiger partial charge on any atom is 0.155 e. The van der Waals surface area contributed by atoms with Crippen molar-refractivity contribution in [3.8, 4) is 11.5 Å². The molecule has 3 aromatic rings. The molecule has 21 unspecified atom stereocenters. The summed E-state index contributed by atoms with van der Waals surface area (Å²) in [5, 5.41) is 5.68. The Morgan fingerprint density at radius 1 is 0.636 bits per heavy atom. The average molecular weight is 872 g/mol. The van der Waals surface area contributed by atoms with Gasteiger partial charge in [0.25, 0.3) is 0 Å². The number of benzene rings is 3. The second-order valence-corrected chi connectivity index (χ2v) is 24.9. The largest absolute Gasteiger partial charge is 0.493 e. The van der Waals surface area contributed by atoms with Crippen molar-refractivity contribution >= 4 is 17.9 Å². The van der Waals surface area contributed by atoms with Gasteiger partial charge in [-0.25, -0.2) is 0 Å². The van der Waals surface area contributed by atoms with Gasteiger partial charge in [-0.3, -0.25) is 0 Å². The normalized spacial score (nSPS) is 48.2. The lowest BCUT2D eigenvalue weighted by Crippen LogP contribution is -2.67. The van der Waals surface area contributed by atoms with E-state index in [1.165, 1.54) is 74.6 Å². The molecule has 1 spiro atoms. The fraction of sp³-hybridized carbons (Fsp3) is 0.565. The van der Waals surface area contributed by atoms with Gasteiger partial charge in [0, 0.05) is 24.0 Å². The summed E-state index contributed by atoms with van der Waals surface area (Å²) in [4.78, 5) is 7.74. The zero-order valence-corrected chi connectivity index (χ0v) is 38.5. The van der Waals surface area contributed by atoms with Crippen LogP contribution in [0, 0.1) is 118 Å². The highest BCUT2D eigenvalue weighted by Crippen LogP contribution is 2.87. The van der Waals surface area contributed by atoms with Gasteiger partial charge >= 0.3 is 0 Å². The lowest BCUT2D eigenvalue weighted by Gasteiger charge is -2.67. The molecule has 5 bridgehead atoms. The Kier molecular flexibility index (Phi) is 7.33. The second kappa shape index (κ2) is 12.9. The molecule has 10 saturated carbocycles. The molecule has 3 aromatic carbocycles. The third kappa shape index (κ3) is 4.30. The highest BCUT2D eigenvalue weighted by atomic mass is 16.7. The molecule has 336 valence electrons. The van der Waals surface area contributed by atoms with Gasteiger partial charge in [-0.15, -0.1) is 0 Å². The maximum atomic E-state index is 7.74. The molecule has 1 aliphatic heterocycles. The van der Waals surface area contributed by atoms with Crippen molar-refractivity contribution in [1.29, 1.82) is 0 Å². The molecule has 66 heavy (non-hydrogen) atoms. The summed E-state index contributed by atoms with van der Waals surface area (Å²) in [5.74, 6) is 18.7. The van der Waals surface area contributed by atoms with Gasteiger partial charge in [0.15, 0.2) is 5.60 Å². The van der Waals surface area contributed by atoms with Crippen LogP contribution in [0.5, 0.6) is 11.5 Å². The number of hydrogen-bond acceptors (Lipinski definition) is 4. The van der Waals surface area contributed by atoms with E-state index in [4.69, 9.17) is 19.5 Å². The van der Waals surface area contributed by atoms with Crippen LogP contribution in [-0.2, 0) is 17.9 Å². The Balaban J connectivity index is 0.836. The minimum absolute atomic E-state index is 0.215. The minimum atomic E-state index is -0.272. The monoisotopic (exact) mass is 871 g/mol. The van der Waals surface area contributed by atoms with Crippen molar-refractivity contribution < 1.29 is 14.3 Å². The van der Waals surface area contributed by atoms with Crippen molar-refractivity contribution in [1.82, 2.24) is 0 Å². The molecule has 4 nitrogen and oxygen atoms in total.